The van der Waals surface area contributed by atoms with Crippen LogP contribution in [0.4, 0.5) is 0 Å². The lowest BCUT2D eigenvalue weighted by molar-refractivity contribution is 0.577. The topological polar surface area (TPSA) is 91.1 Å². The molecule has 3 rings (SSSR count). The van der Waals surface area contributed by atoms with Crippen molar-refractivity contribution in [1.82, 2.24) is 25.8 Å². The van der Waals surface area contributed by atoms with Crippen LogP contribution in [-0.2, 0) is 6.42 Å². The van der Waals surface area contributed by atoms with Gasteiger partial charge >= 0.3 is 0 Å². The maximum atomic E-state index is 5.93. The van der Waals surface area contributed by atoms with Gasteiger partial charge in [0.15, 0.2) is 11.7 Å². The van der Waals surface area contributed by atoms with Gasteiger partial charge in [0.25, 0.3) is 0 Å². The molecule has 8 heteroatoms. The Bertz CT molecular complexity index is 841. The van der Waals surface area contributed by atoms with Gasteiger partial charge < -0.3 is 15.1 Å². The lowest BCUT2D eigenvalue weighted by Crippen LogP contribution is -2.39. The number of benzene rings is 1. The van der Waals surface area contributed by atoms with E-state index in [9.17, 15) is 0 Å². The molecule has 0 fully saturated rings. The highest BCUT2D eigenvalue weighted by Gasteiger charge is 2.10. The molecular weight excluding hydrogens is 352 g/mol. The Balaban J connectivity index is 1.49. The SMILES string of the molecule is CN=C(NCCc1nc(-c2ccco2)n[nH]1)NC(C)c1ccc(Cl)cc1. The average molecular weight is 373 g/mol. The summed E-state index contributed by atoms with van der Waals surface area (Å²) in [4.78, 5) is 8.67. The van der Waals surface area contributed by atoms with Gasteiger partial charge in [0, 0.05) is 25.0 Å². The molecule has 0 saturated heterocycles. The van der Waals surface area contributed by atoms with Crippen LogP contribution in [0.2, 0.25) is 5.02 Å². The normalized spacial score (nSPS) is 12.8. The first-order valence-electron chi connectivity index (χ1n) is 8.33. The van der Waals surface area contributed by atoms with Gasteiger partial charge in [-0.25, -0.2) is 4.98 Å². The third kappa shape index (κ3) is 4.64. The molecule has 0 spiro atoms. The first-order chi connectivity index (χ1) is 12.7. The van der Waals surface area contributed by atoms with Crippen LogP contribution < -0.4 is 10.6 Å². The summed E-state index contributed by atoms with van der Waals surface area (Å²) in [7, 11) is 1.74. The first kappa shape index (κ1) is 18.0. The minimum Gasteiger partial charge on any atom is -0.461 e. The van der Waals surface area contributed by atoms with Crippen molar-refractivity contribution in [3.8, 4) is 11.6 Å². The highest BCUT2D eigenvalue weighted by atomic mass is 35.5. The monoisotopic (exact) mass is 372 g/mol. The fraction of sp³-hybridized carbons (Fsp3) is 0.278. The standard InChI is InChI=1S/C18H21ClN6O/c1-12(13-5-7-14(19)8-6-13)22-18(20-2)21-10-9-16-23-17(25-24-16)15-4-3-11-26-15/h3-8,11-12H,9-10H2,1-2H3,(H2,20,21,22)(H,23,24,25). The van der Waals surface area contributed by atoms with Crippen LogP contribution in [0.1, 0.15) is 24.4 Å². The number of aliphatic imine (C=N–C) groups is 1. The third-order valence-corrected chi connectivity index (χ3v) is 4.13. The van der Waals surface area contributed by atoms with E-state index in [2.05, 4.69) is 37.7 Å². The van der Waals surface area contributed by atoms with E-state index in [1.807, 2.05) is 36.4 Å². The highest BCUT2D eigenvalue weighted by Crippen LogP contribution is 2.16. The fourth-order valence-corrected chi connectivity index (χ4v) is 2.58. The van der Waals surface area contributed by atoms with Crippen molar-refractivity contribution >= 4 is 17.6 Å². The van der Waals surface area contributed by atoms with E-state index >= 15 is 0 Å². The zero-order valence-electron chi connectivity index (χ0n) is 14.7. The number of H-pyrrole nitrogens is 1. The van der Waals surface area contributed by atoms with Crippen molar-refractivity contribution in [2.75, 3.05) is 13.6 Å². The molecule has 3 N–H and O–H groups in total. The molecule has 1 aromatic carbocycles. The summed E-state index contributed by atoms with van der Waals surface area (Å²) in [6.07, 6.45) is 2.29. The van der Waals surface area contributed by atoms with E-state index in [-0.39, 0.29) is 6.04 Å². The maximum Gasteiger partial charge on any atom is 0.216 e. The van der Waals surface area contributed by atoms with Crippen molar-refractivity contribution < 1.29 is 4.42 Å². The molecule has 0 aliphatic rings. The van der Waals surface area contributed by atoms with Crippen molar-refractivity contribution in [3.05, 3.63) is 59.1 Å². The van der Waals surface area contributed by atoms with Gasteiger partial charge in [0.05, 0.1) is 12.3 Å². The van der Waals surface area contributed by atoms with E-state index in [0.717, 1.165) is 22.4 Å². The molecule has 1 unspecified atom stereocenters. The zero-order chi connectivity index (χ0) is 18.4. The van der Waals surface area contributed by atoms with Crippen LogP contribution in [0.15, 0.2) is 52.1 Å². The highest BCUT2D eigenvalue weighted by molar-refractivity contribution is 6.30. The van der Waals surface area contributed by atoms with Gasteiger partial charge in [-0.15, -0.1) is 0 Å². The van der Waals surface area contributed by atoms with E-state index in [1.54, 1.807) is 13.3 Å². The summed E-state index contributed by atoms with van der Waals surface area (Å²) in [5.74, 6) is 2.71. The van der Waals surface area contributed by atoms with Gasteiger partial charge in [-0.3, -0.25) is 10.1 Å². The number of furan rings is 1. The Hall–Kier alpha value is -2.80. The molecule has 1 atom stereocenters. The van der Waals surface area contributed by atoms with E-state index in [4.69, 9.17) is 16.0 Å². The second-order valence-corrected chi connectivity index (χ2v) is 6.19. The minimum absolute atomic E-state index is 0.106. The maximum absolute atomic E-state index is 5.93. The van der Waals surface area contributed by atoms with Crippen LogP contribution >= 0.6 is 11.6 Å². The minimum atomic E-state index is 0.106. The Kier molecular flexibility index (Phi) is 5.91. The van der Waals surface area contributed by atoms with Crippen LogP contribution in [0, 0.1) is 0 Å². The summed E-state index contributed by atoms with van der Waals surface area (Å²) >= 11 is 5.93. The second-order valence-electron chi connectivity index (χ2n) is 5.75. The second kappa shape index (κ2) is 8.53. The molecule has 2 heterocycles. The molecule has 2 aromatic heterocycles. The smallest absolute Gasteiger partial charge is 0.216 e. The number of nitrogens with zero attached hydrogens (tertiary/aromatic N) is 3. The number of aromatic nitrogens is 3. The average Bonchev–Trinajstić information content (AvgIpc) is 3.33. The largest absolute Gasteiger partial charge is 0.461 e. The van der Waals surface area contributed by atoms with E-state index in [0.29, 0.717) is 24.6 Å². The van der Waals surface area contributed by atoms with Gasteiger partial charge in [0.1, 0.15) is 5.82 Å². The number of hydrogen-bond acceptors (Lipinski definition) is 4. The summed E-state index contributed by atoms with van der Waals surface area (Å²) in [5, 5.41) is 14.4. The van der Waals surface area contributed by atoms with Crippen LogP contribution in [0.5, 0.6) is 0 Å². The molecular formula is C18H21ClN6O. The van der Waals surface area contributed by atoms with Crippen molar-refractivity contribution in [2.24, 2.45) is 4.99 Å². The molecule has 0 saturated carbocycles. The third-order valence-electron chi connectivity index (χ3n) is 3.87. The van der Waals surface area contributed by atoms with Crippen molar-refractivity contribution in [2.45, 2.75) is 19.4 Å². The molecule has 0 amide bonds. The lowest BCUT2D eigenvalue weighted by Gasteiger charge is -2.18. The Morgan fingerprint density at radius 1 is 1.31 bits per heavy atom. The van der Waals surface area contributed by atoms with Crippen LogP contribution in [0.3, 0.4) is 0 Å². The summed E-state index contributed by atoms with van der Waals surface area (Å²) < 4.78 is 5.29. The predicted octanol–water partition coefficient (Wildman–Crippen LogP) is 3.19. The number of aromatic amines is 1. The quantitative estimate of drug-likeness (QED) is 0.456. The van der Waals surface area contributed by atoms with Crippen LogP contribution in [0.25, 0.3) is 11.6 Å². The first-order valence-corrected chi connectivity index (χ1v) is 8.71. The zero-order valence-corrected chi connectivity index (χ0v) is 15.4. The van der Waals surface area contributed by atoms with Gasteiger partial charge in [0.2, 0.25) is 5.82 Å². The molecule has 0 aliphatic carbocycles. The van der Waals surface area contributed by atoms with E-state index in [1.165, 1.54) is 0 Å². The molecule has 0 radical (unpaired) electrons. The molecule has 3 aromatic rings. The summed E-state index contributed by atoms with van der Waals surface area (Å²) in [6.45, 7) is 2.74. The Morgan fingerprint density at radius 3 is 2.81 bits per heavy atom. The Morgan fingerprint density at radius 2 is 2.12 bits per heavy atom. The van der Waals surface area contributed by atoms with Crippen molar-refractivity contribution in [1.29, 1.82) is 0 Å². The van der Waals surface area contributed by atoms with Gasteiger partial charge in [-0.2, -0.15) is 5.10 Å². The van der Waals surface area contributed by atoms with Gasteiger partial charge in [-0.05, 0) is 36.8 Å². The molecule has 0 aliphatic heterocycles. The fourth-order valence-electron chi connectivity index (χ4n) is 2.46. The molecule has 0 bridgehead atoms. The van der Waals surface area contributed by atoms with E-state index < -0.39 is 0 Å². The molecule has 26 heavy (non-hydrogen) atoms. The molecule has 136 valence electrons. The summed E-state index contributed by atoms with van der Waals surface area (Å²) in [5.41, 5.74) is 1.13. The number of rotatable bonds is 6. The lowest BCUT2D eigenvalue weighted by atomic mass is 10.1. The molecule has 7 nitrogen and oxygen atoms in total. The number of hydrogen-bond donors (Lipinski definition) is 3. The van der Waals surface area contributed by atoms with Gasteiger partial charge in [-0.1, -0.05) is 23.7 Å². The van der Waals surface area contributed by atoms with Crippen LogP contribution in [-0.4, -0.2) is 34.7 Å². The predicted molar refractivity (Wildman–Crippen MR) is 102 cm³/mol. The number of halogens is 1. The Labute approximate surface area is 156 Å². The summed E-state index contributed by atoms with van der Waals surface area (Å²) in [6, 6.07) is 11.5. The number of guanidine groups is 1. The van der Waals surface area contributed by atoms with Crippen molar-refractivity contribution in [3.63, 3.8) is 0 Å². The number of nitrogens with one attached hydrogen (secondary N) is 3.